The average molecular weight is 370 g/mol. The summed E-state index contributed by atoms with van der Waals surface area (Å²) in [7, 11) is 1.65. The maximum atomic E-state index is 13.1. The maximum absolute atomic E-state index is 13.1. The summed E-state index contributed by atoms with van der Waals surface area (Å²) in [6.07, 6.45) is 4.30. The summed E-state index contributed by atoms with van der Waals surface area (Å²) < 4.78 is 13.1. The molecule has 1 fully saturated rings. The van der Waals surface area contributed by atoms with E-state index in [-0.39, 0.29) is 17.6 Å². The van der Waals surface area contributed by atoms with Gasteiger partial charge in [0.25, 0.3) is 5.91 Å². The molecule has 3 aromatic rings. The molecule has 1 aliphatic rings. The van der Waals surface area contributed by atoms with Crippen molar-refractivity contribution in [2.24, 2.45) is 0 Å². The quantitative estimate of drug-likeness (QED) is 0.766. The van der Waals surface area contributed by atoms with Crippen LogP contribution in [0, 0.1) is 5.82 Å². The van der Waals surface area contributed by atoms with E-state index in [0.29, 0.717) is 4.88 Å². The molecule has 0 spiro atoms. The standard InChI is InChI=1S/C19H19FN4OS/c1-21-18(25)17-15(16-19(26-17)23-8-7-22-16)13-6-9-24(11-13)10-12-2-4-14(20)5-3-12/h2-5,7-8,13H,6,9-11H2,1H3,(H,21,25)/t13-/m1/s1. The Balaban J connectivity index is 1.60. The normalized spacial score (nSPS) is 17.7. The minimum atomic E-state index is -0.216. The summed E-state index contributed by atoms with van der Waals surface area (Å²) in [4.78, 5) is 25.1. The molecule has 0 bridgehead atoms. The molecule has 7 heteroatoms. The van der Waals surface area contributed by atoms with Gasteiger partial charge in [-0.25, -0.2) is 9.37 Å². The van der Waals surface area contributed by atoms with Crippen molar-refractivity contribution < 1.29 is 9.18 Å². The summed E-state index contributed by atoms with van der Waals surface area (Å²) in [5, 5.41) is 2.73. The summed E-state index contributed by atoms with van der Waals surface area (Å²) in [6.45, 7) is 2.57. The number of hydrogen-bond acceptors (Lipinski definition) is 5. The first-order valence-electron chi connectivity index (χ1n) is 8.58. The first-order valence-corrected chi connectivity index (χ1v) is 9.39. The Morgan fingerprint density at radius 2 is 2.08 bits per heavy atom. The molecule has 1 amide bonds. The van der Waals surface area contributed by atoms with E-state index in [0.717, 1.165) is 47.5 Å². The number of benzene rings is 1. The highest BCUT2D eigenvalue weighted by atomic mass is 32.1. The lowest BCUT2D eigenvalue weighted by atomic mass is 9.97. The van der Waals surface area contributed by atoms with Gasteiger partial charge >= 0.3 is 0 Å². The van der Waals surface area contributed by atoms with Crippen molar-refractivity contribution in [3.05, 3.63) is 58.5 Å². The van der Waals surface area contributed by atoms with Crippen molar-refractivity contribution >= 4 is 27.6 Å². The zero-order valence-electron chi connectivity index (χ0n) is 14.4. The maximum Gasteiger partial charge on any atom is 0.261 e. The van der Waals surface area contributed by atoms with Gasteiger partial charge in [-0.15, -0.1) is 11.3 Å². The molecule has 4 rings (SSSR count). The second kappa shape index (κ2) is 7.09. The van der Waals surface area contributed by atoms with Gasteiger partial charge in [-0.05, 0) is 30.7 Å². The molecular weight excluding hydrogens is 351 g/mol. The number of nitrogens with one attached hydrogen (secondary N) is 1. The molecule has 3 heterocycles. The van der Waals surface area contributed by atoms with Crippen LogP contribution in [0.2, 0.25) is 0 Å². The minimum absolute atomic E-state index is 0.0817. The average Bonchev–Trinajstić information content (AvgIpc) is 3.27. The molecular formula is C19H19FN4OS. The molecule has 2 aromatic heterocycles. The molecule has 0 unspecified atom stereocenters. The number of likely N-dealkylation sites (tertiary alicyclic amines) is 1. The third kappa shape index (κ3) is 3.20. The summed E-state index contributed by atoms with van der Waals surface area (Å²) >= 11 is 1.40. The molecule has 0 radical (unpaired) electrons. The number of carbonyl (C=O) groups is 1. The van der Waals surface area contributed by atoms with Crippen LogP contribution in [-0.4, -0.2) is 40.9 Å². The fraction of sp³-hybridized carbons (Fsp3) is 0.316. The van der Waals surface area contributed by atoms with Crippen molar-refractivity contribution in [1.29, 1.82) is 0 Å². The van der Waals surface area contributed by atoms with Crippen LogP contribution < -0.4 is 5.32 Å². The lowest BCUT2D eigenvalue weighted by Crippen LogP contribution is -2.21. The molecule has 1 saturated heterocycles. The van der Waals surface area contributed by atoms with Crippen molar-refractivity contribution in [1.82, 2.24) is 20.2 Å². The van der Waals surface area contributed by atoms with Gasteiger partial charge in [0, 0.05) is 44.0 Å². The largest absolute Gasteiger partial charge is 0.354 e. The smallest absolute Gasteiger partial charge is 0.261 e. The SMILES string of the molecule is CNC(=O)c1sc2nccnc2c1[C@@H]1CCN(Cc2ccc(F)cc2)C1. The molecule has 0 saturated carbocycles. The first kappa shape index (κ1) is 17.1. The number of aromatic nitrogens is 2. The topological polar surface area (TPSA) is 58.1 Å². The molecule has 1 atom stereocenters. The van der Waals surface area contributed by atoms with Gasteiger partial charge in [-0.2, -0.15) is 0 Å². The van der Waals surface area contributed by atoms with Gasteiger partial charge in [0.15, 0.2) is 0 Å². The van der Waals surface area contributed by atoms with Crippen LogP contribution in [0.15, 0.2) is 36.7 Å². The van der Waals surface area contributed by atoms with Crippen LogP contribution in [0.25, 0.3) is 10.3 Å². The highest BCUT2D eigenvalue weighted by molar-refractivity contribution is 7.20. The summed E-state index contributed by atoms with van der Waals surface area (Å²) in [5.74, 6) is -0.0541. The Kier molecular flexibility index (Phi) is 4.65. The Bertz CT molecular complexity index is 940. The van der Waals surface area contributed by atoms with E-state index in [1.54, 1.807) is 19.4 Å². The third-order valence-corrected chi connectivity index (χ3v) is 5.90. The molecule has 1 aliphatic heterocycles. The molecule has 1 aromatic carbocycles. The molecule has 134 valence electrons. The molecule has 26 heavy (non-hydrogen) atoms. The second-order valence-corrected chi connectivity index (χ2v) is 7.48. The van der Waals surface area contributed by atoms with Crippen LogP contribution >= 0.6 is 11.3 Å². The van der Waals surface area contributed by atoms with E-state index in [4.69, 9.17) is 0 Å². The number of carbonyl (C=O) groups excluding carboxylic acids is 1. The van der Waals surface area contributed by atoms with Gasteiger partial charge in [0.2, 0.25) is 0 Å². The fourth-order valence-electron chi connectivity index (χ4n) is 3.56. The highest BCUT2D eigenvalue weighted by Gasteiger charge is 2.31. The van der Waals surface area contributed by atoms with E-state index in [2.05, 4.69) is 20.2 Å². The number of amides is 1. The van der Waals surface area contributed by atoms with E-state index in [1.165, 1.54) is 23.5 Å². The lowest BCUT2D eigenvalue weighted by Gasteiger charge is -2.16. The summed E-state index contributed by atoms with van der Waals surface area (Å²) in [5.41, 5.74) is 2.94. The van der Waals surface area contributed by atoms with E-state index in [9.17, 15) is 9.18 Å². The number of nitrogens with zero attached hydrogens (tertiary/aromatic N) is 3. The van der Waals surface area contributed by atoms with Crippen molar-refractivity contribution in [3.63, 3.8) is 0 Å². The Labute approximate surface area is 154 Å². The van der Waals surface area contributed by atoms with Gasteiger partial charge in [-0.3, -0.25) is 14.7 Å². The van der Waals surface area contributed by atoms with Crippen LogP contribution in [0.4, 0.5) is 4.39 Å². The van der Waals surface area contributed by atoms with Crippen LogP contribution in [-0.2, 0) is 6.54 Å². The van der Waals surface area contributed by atoms with Gasteiger partial charge in [-0.1, -0.05) is 12.1 Å². The monoisotopic (exact) mass is 370 g/mol. The predicted molar refractivity (Wildman–Crippen MR) is 99.8 cm³/mol. The van der Waals surface area contributed by atoms with Crippen molar-refractivity contribution in [3.8, 4) is 0 Å². The second-order valence-electron chi connectivity index (χ2n) is 6.48. The van der Waals surface area contributed by atoms with Crippen LogP contribution in [0.1, 0.15) is 33.1 Å². The van der Waals surface area contributed by atoms with Gasteiger partial charge in [0.1, 0.15) is 16.2 Å². The van der Waals surface area contributed by atoms with E-state index >= 15 is 0 Å². The number of fused-ring (bicyclic) bond motifs is 1. The number of hydrogen-bond donors (Lipinski definition) is 1. The Morgan fingerprint density at radius 1 is 1.31 bits per heavy atom. The Hall–Kier alpha value is -2.38. The number of rotatable bonds is 4. The highest BCUT2D eigenvalue weighted by Crippen LogP contribution is 2.38. The van der Waals surface area contributed by atoms with Crippen molar-refractivity contribution in [2.75, 3.05) is 20.1 Å². The number of halogens is 1. The van der Waals surface area contributed by atoms with Crippen molar-refractivity contribution in [2.45, 2.75) is 18.9 Å². The first-order chi connectivity index (χ1) is 12.7. The molecule has 0 aliphatic carbocycles. The fourth-order valence-corrected chi connectivity index (χ4v) is 4.70. The van der Waals surface area contributed by atoms with E-state index < -0.39 is 0 Å². The lowest BCUT2D eigenvalue weighted by molar-refractivity contribution is 0.0966. The number of thiophene rings is 1. The van der Waals surface area contributed by atoms with Crippen LogP contribution in [0.5, 0.6) is 0 Å². The third-order valence-electron chi connectivity index (χ3n) is 4.80. The zero-order chi connectivity index (χ0) is 18.1. The Morgan fingerprint density at radius 3 is 2.85 bits per heavy atom. The van der Waals surface area contributed by atoms with Gasteiger partial charge in [0.05, 0.1) is 4.88 Å². The molecule has 1 N–H and O–H groups in total. The van der Waals surface area contributed by atoms with Crippen LogP contribution in [0.3, 0.4) is 0 Å². The van der Waals surface area contributed by atoms with E-state index in [1.807, 2.05) is 12.1 Å². The van der Waals surface area contributed by atoms with Gasteiger partial charge < -0.3 is 5.32 Å². The zero-order valence-corrected chi connectivity index (χ0v) is 15.2. The summed E-state index contributed by atoms with van der Waals surface area (Å²) in [6, 6.07) is 6.64. The predicted octanol–water partition coefficient (Wildman–Crippen LogP) is 3.18. The minimum Gasteiger partial charge on any atom is -0.354 e. The molecule has 5 nitrogen and oxygen atoms in total.